The van der Waals surface area contributed by atoms with Gasteiger partial charge in [0.2, 0.25) is 0 Å². The van der Waals surface area contributed by atoms with Crippen LogP contribution in [0.4, 0.5) is 13.2 Å². The molecule has 0 amide bonds. The first-order valence-electron chi connectivity index (χ1n) is 9.29. The van der Waals surface area contributed by atoms with E-state index in [0.29, 0.717) is 5.92 Å². The van der Waals surface area contributed by atoms with E-state index in [9.17, 15) is 13.2 Å². The van der Waals surface area contributed by atoms with Crippen LogP contribution < -0.4 is 0 Å². The Morgan fingerprint density at radius 3 is 2.15 bits per heavy atom. The van der Waals surface area contributed by atoms with Crippen LogP contribution in [0.2, 0.25) is 0 Å². The van der Waals surface area contributed by atoms with Gasteiger partial charge >= 0.3 is 6.18 Å². The number of hydrogen-bond acceptors (Lipinski definition) is 1. The fraction of sp³-hybridized carbons (Fsp3) is 0.524. The first-order chi connectivity index (χ1) is 12.1. The summed E-state index contributed by atoms with van der Waals surface area (Å²) in [7, 11) is 0. The molecular formula is C21H25F3N2. The van der Waals surface area contributed by atoms with E-state index < -0.39 is 11.7 Å². The summed E-state index contributed by atoms with van der Waals surface area (Å²) >= 11 is 0. The molecular weight excluding hydrogens is 337 g/mol. The molecule has 2 aromatic rings. The van der Waals surface area contributed by atoms with Crippen molar-refractivity contribution in [3.8, 4) is 11.1 Å². The molecule has 1 aromatic heterocycles. The molecule has 140 valence electrons. The van der Waals surface area contributed by atoms with Gasteiger partial charge in [0.1, 0.15) is 0 Å². The van der Waals surface area contributed by atoms with Gasteiger partial charge in [-0.15, -0.1) is 0 Å². The van der Waals surface area contributed by atoms with Crippen molar-refractivity contribution < 1.29 is 13.2 Å². The Bertz CT molecular complexity index is 806. The molecule has 1 aliphatic heterocycles. The molecule has 1 fully saturated rings. The highest BCUT2D eigenvalue weighted by Crippen LogP contribution is 2.47. The van der Waals surface area contributed by atoms with Gasteiger partial charge in [-0.05, 0) is 63.3 Å². The number of fused-ring (bicyclic) bond motifs is 1. The highest BCUT2D eigenvalue weighted by Gasteiger charge is 2.35. The molecule has 0 spiro atoms. The van der Waals surface area contributed by atoms with Gasteiger partial charge in [-0.1, -0.05) is 12.1 Å². The normalized spacial score (nSPS) is 18.8. The molecule has 0 bridgehead atoms. The third kappa shape index (κ3) is 3.18. The zero-order chi connectivity index (χ0) is 18.7. The van der Waals surface area contributed by atoms with Crippen LogP contribution in [0.15, 0.2) is 30.3 Å². The van der Waals surface area contributed by atoms with E-state index in [-0.39, 0.29) is 5.54 Å². The highest BCUT2D eigenvalue weighted by atomic mass is 19.4. The third-order valence-electron chi connectivity index (χ3n) is 5.61. The second-order valence-corrected chi connectivity index (χ2v) is 8.53. The lowest BCUT2D eigenvalue weighted by atomic mass is 10.0. The first-order valence-corrected chi connectivity index (χ1v) is 9.29. The van der Waals surface area contributed by atoms with Crippen LogP contribution in [0.1, 0.15) is 56.5 Å². The van der Waals surface area contributed by atoms with Gasteiger partial charge in [-0.3, -0.25) is 4.90 Å². The van der Waals surface area contributed by atoms with Gasteiger partial charge in [0, 0.05) is 42.1 Å². The number of halogens is 3. The maximum atomic E-state index is 12.9. The highest BCUT2D eigenvalue weighted by molar-refractivity contribution is 5.69. The minimum absolute atomic E-state index is 0.115. The molecule has 0 unspecified atom stereocenters. The molecule has 2 aliphatic rings. The lowest BCUT2D eigenvalue weighted by molar-refractivity contribution is -0.137. The molecule has 1 aromatic carbocycles. The van der Waals surface area contributed by atoms with E-state index in [1.165, 1.54) is 36.4 Å². The minimum atomic E-state index is -4.29. The summed E-state index contributed by atoms with van der Waals surface area (Å²) in [6.07, 6.45) is -1.93. The fourth-order valence-electron chi connectivity index (χ4n) is 3.95. The molecule has 26 heavy (non-hydrogen) atoms. The van der Waals surface area contributed by atoms with Crippen molar-refractivity contribution in [3.63, 3.8) is 0 Å². The summed E-state index contributed by atoms with van der Waals surface area (Å²) < 4.78 is 41.0. The van der Waals surface area contributed by atoms with Crippen LogP contribution in [0.25, 0.3) is 11.1 Å². The van der Waals surface area contributed by atoms with Crippen molar-refractivity contribution in [2.45, 2.75) is 64.3 Å². The fourth-order valence-corrected chi connectivity index (χ4v) is 3.95. The van der Waals surface area contributed by atoms with Gasteiger partial charge in [0.25, 0.3) is 0 Å². The molecule has 4 rings (SSSR count). The molecule has 2 heterocycles. The quantitative estimate of drug-likeness (QED) is 0.669. The Morgan fingerprint density at radius 2 is 1.62 bits per heavy atom. The van der Waals surface area contributed by atoms with Crippen molar-refractivity contribution in [2.24, 2.45) is 0 Å². The van der Waals surface area contributed by atoms with Crippen molar-refractivity contribution in [1.29, 1.82) is 0 Å². The zero-order valence-electron chi connectivity index (χ0n) is 15.5. The van der Waals surface area contributed by atoms with E-state index in [1.54, 1.807) is 12.1 Å². The van der Waals surface area contributed by atoms with Gasteiger partial charge in [-0.25, -0.2) is 0 Å². The van der Waals surface area contributed by atoms with E-state index >= 15 is 0 Å². The third-order valence-corrected chi connectivity index (χ3v) is 5.61. The number of nitrogens with zero attached hydrogens (tertiary/aromatic N) is 2. The maximum Gasteiger partial charge on any atom is 0.416 e. The van der Waals surface area contributed by atoms with Gasteiger partial charge in [0.15, 0.2) is 0 Å². The second-order valence-electron chi connectivity index (χ2n) is 8.53. The average molecular weight is 362 g/mol. The number of alkyl halides is 3. The summed E-state index contributed by atoms with van der Waals surface area (Å²) in [6, 6.07) is 7.84. The van der Waals surface area contributed by atoms with Crippen molar-refractivity contribution in [1.82, 2.24) is 9.47 Å². The van der Waals surface area contributed by atoms with Crippen molar-refractivity contribution in [2.75, 3.05) is 6.54 Å². The van der Waals surface area contributed by atoms with Crippen LogP contribution in [-0.4, -0.2) is 21.6 Å². The second kappa shape index (κ2) is 5.88. The lowest BCUT2D eigenvalue weighted by Crippen LogP contribution is -2.45. The number of rotatable bonds is 2. The Balaban J connectivity index is 1.72. The minimum Gasteiger partial charge on any atom is -0.345 e. The van der Waals surface area contributed by atoms with E-state index in [4.69, 9.17) is 0 Å². The number of benzene rings is 1. The SMILES string of the molecule is CC(C)(C)N1CCn2c(cc(-c3ccc(C(F)(F)F)cc3)c2C2CC2)C1. The van der Waals surface area contributed by atoms with Gasteiger partial charge < -0.3 is 4.57 Å². The molecule has 0 radical (unpaired) electrons. The molecule has 1 aliphatic carbocycles. The molecule has 0 saturated heterocycles. The smallest absolute Gasteiger partial charge is 0.345 e. The summed E-state index contributed by atoms with van der Waals surface area (Å²) in [5.74, 6) is 0.558. The van der Waals surface area contributed by atoms with Gasteiger partial charge in [-0.2, -0.15) is 13.2 Å². The van der Waals surface area contributed by atoms with Crippen LogP contribution >= 0.6 is 0 Å². The molecule has 1 saturated carbocycles. The average Bonchev–Trinajstić information content (AvgIpc) is 3.32. The predicted molar refractivity (Wildman–Crippen MR) is 97.0 cm³/mol. The zero-order valence-corrected chi connectivity index (χ0v) is 15.5. The molecule has 0 atom stereocenters. The summed E-state index contributed by atoms with van der Waals surface area (Å²) in [5.41, 5.74) is 4.15. The Morgan fingerprint density at radius 1 is 0.962 bits per heavy atom. The lowest BCUT2D eigenvalue weighted by Gasteiger charge is -2.39. The van der Waals surface area contributed by atoms with Crippen LogP contribution in [0.5, 0.6) is 0 Å². The summed E-state index contributed by atoms with van der Waals surface area (Å²) in [6.45, 7) is 9.54. The van der Waals surface area contributed by atoms with E-state index in [1.807, 2.05) is 0 Å². The van der Waals surface area contributed by atoms with E-state index in [0.717, 1.165) is 30.8 Å². The monoisotopic (exact) mass is 362 g/mol. The first kappa shape index (κ1) is 17.7. The topological polar surface area (TPSA) is 8.17 Å². The molecule has 2 nitrogen and oxygen atoms in total. The Hall–Kier alpha value is -1.75. The van der Waals surface area contributed by atoms with Crippen LogP contribution in [-0.2, 0) is 19.3 Å². The van der Waals surface area contributed by atoms with Gasteiger partial charge in [0.05, 0.1) is 5.56 Å². The molecule has 5 heteroatoms. The Labute approximate surface area is 152 Å². The van der Waals surface area contributed by atoms with Crippen molar-refractivity contribution >= 4 is 0 Å². The summed E-state index contributed by atoms with van der Waals surface area (Å²) in [4.78, 5) is 2.47. The Kier molecular flexibility index (Phi) is 3.99. The predicted octanol–water partition coefficient (Wildman–Crippen LogP) is 5.67. The number of hydrogen-bond donors (Lipinski definition) is 0. The molecule has 0 N–H and O–H groups in total. The van der Waals surface area contributed by atoms with Crippen LogP contribution in [0.3, 0.4) is 0 Å². The number of aromatic nitrogens is 1. The standard InChI is InChI=1S/C21H25F3N2/c1-20(2,3)25-10-11-26-17(13-25)12-18(19(26)15-4-5-15)14-6-8-16(9-7-14)21(22,23)24/h6-9,12,15H,4-5,10-11,13H2,1-3H3. The largest absolute Gasteiger partial charge is 0.416 e. The summed E-state index contributed by atoms with van der Waals surface area (Å²) in [5, 5.41) is 0. The van der Waals surface area contributed by atoms with E-state index in [2.05, 4.69) is 36.3 Å². The van der Waals surface area contributed by atoms with Crippen molar-refractivity contribution in [3.05, 3.63) is 47.3 Å². The van der Waals surface area contributed by atoms with Crippen LogP contribution in [0, 0.1) is 0 Å². The maximum absolute atomic E-state index is 12.9.